The first kappa shape index (κ1) is 9.97. The van der Waals surface area contributed by atoms with Crippen LogP contribution in [0.15, 0.2) is 55.1 Å². The minimum Gasteiger partial charge on any atom is -0.264 e. The number of fused-ring (bicyclic) bond motifs is 1. The second-order valence-corrected chi connectivity index (χ2v) is 4.19. The molecule has 0 saturated carbocycles. The summed E-state index contributed by atoms with van der Waals surface area (Å²) in [6, 6.07) is 10.6. The molecule has 0 unspecified atom stereocenters. The van der Waals surface area contributed by atoms with Crippen LogP contribution >= 0.6 is 0 Å². The third-order valence-corrected chi connectivity index (χ3v) is 2.85. The van der Waals surface area contributed by atoms with E-state index in [-0.39, 0.29) is 0 Å². The van der Waals surface area contributed by atoms with E-state index in [0.717, 1.165) is 10.9 Å². The van der Waals surface area contributed by atoms with Crippen molar-refractivity contribution in [3.8, 4) is 11.1 Å². The van der Waals surface area contributed by atoms with Gasteiger partial charge in [-0.05, 0) is 41.6 Å². The van der Waals surface area contributed by atoms with Gasteiger partial charge in [-0.2, -0.15) is 0 Å². The van der Waals surface area contributed by atoms with Crippen molar-refractivity contribution < 1.29 is 0 Å². The van der Waals surface area contributed by atoms with Crippen molar-refractivity contribution in [3.05, 3.63) is 60.7 Å². The zero-order valence-electron chi connectivity index (χ0n) is 9.59. The molecule has 0 N–H and O–H groups in total. The van der Waals surface area contributed by atoms with Crippen molar-refractivity contribution in [2.75, 3.05) is 0 Å². The van der Waals surface area contributed by atoms with Crippen LogP contribution in [0.4, 0.5) is 0 Å². The molecule has 0 atom stereocenters. The van der Waals surface area contributed by atoms with E-state index in [1.165, 1.54) is 16.5 Å². The lowest BCUT2D eigenvalue weighted by atomic mass is 10.0. The van der Waals surface area contributed by atoms with Crippen molar-refractivity contribution >= 4 is 10.8 Å². The number of hydrogen-bond acceptors (Lipinski definition) is 2. The fourth-order valence-electron chi connectivity index (χ4n) is 1.98. The standard InChI is InChI=1S/C15H12N2/c1-11-6-15(10-17-8-11)12-2-3-14-9-16-5-4-13(14)7-12/h2-10H,1H3. The van der Waals surface area contributed by atoms with Crippen LogP contribution < -0.4 is 0 Å². The van der Waals surface area contributed by atoms with E-state index in [1.54, 1.807) is 0 Å². The van der Waals surface area contributed by atoms with Crippen LogP contribution in [0.1, 0.15) is 5.56 Å². The lowest BCUT2D eigenvalue weighted by Crippen LogP contribution is -1.83. The molecule has 0 aliphatic carbocycles. The maximum Gasteiger partial charge on any atom is 0.0346 e. The maximum atomic E-state index is 4.23. The fraction of sp³-hybridized carbons (Fsp3) is 0.0667. The predicted molar refractivity (Wildman–Crippen MR) is 69.7 cm³/mol. The van der Waals surface area contributed by atoms with Crippen LogP contribution in [0, 0.1) is 6.92 Å². The average molecular weight is 220 g/mol. The average Bonchev–Trinajstić information content (AvgIpc) is 2.38. The Labute approximate surface area is 100.0 Å². The molecule has 2 heteroatoms. The minimum absolute atomic E-state index is 1.16. The van der Waals surface area contributed by atoms with Gasteiger partial charge in [0.2, 0.25) is 0 Å². The summed E-state index contributed by atoms with van der Waals surface area (Å²) in [5, 5.41) is 2.37. The highest BCUT2D eigenvalue weighted by atomic mass is 14.6. The van der Waals surface area contributed by atoms with Gasteiger partial charge < -0.3 is 0 Å². The van der Waals surface area contributed by atoms with Crippen LogP contribution in [0.2, 0.25) is 0 Å². The number of nitrogens with zero attached hydrogens (tertiary/aromatic N) is 2. The molecule has 3 aromatic rings. The number of aryl methyl sites for hydroxylation is 1. The Hall–Kier alpha value is -2.22. The molecule has 2 aromatic heterocycles. The first-order chi connectivity index (χ1) is 8.33. The summed E-state index contributed by atoms with van der Waals surface area (Å²) < 4.78 is 0. The number of benzene rings is 1. The van der Waals surface area contributed by atoms with Crippen molar-refractivity contribution in [2.45, 2.75) is 6.92 Å². The van der Waals surface area contributed by atoms with Crippen LogP contribution in [0.5, 0.6) is 0 Å². The smallest absolute Gasteiger partial charge is 0.0346 e. The molecule has 0 aliphatic heterocycles. The highest BCUT2D eigenvalue weighted by Crippen LogP contribution is 2.23. The minimum atomic E-state index is 1.16. The quantitative estimate of drug-likeness (QED) is 0.626. The van der Waals surface area contributed by atoms with Gasteiger partial charge in [0.1, 0.15) is 0 Å². The van der Waals surface area contributed by atoms with Gasteiger partial charge in [-0.3, -0.25) is 9.97 Å². The lowest BCUT2D eigenvalue weighted by molar-refractivity contribution is 1.27. The summed E-state index contributed by atoms with van der Waals surface area (Å²) >= 11 is 0. The number of rotatable bonds is 1. The Morgan fingerprint density at radius 1 is 0.765 bits per heavy atom. The normalized spacial score (nSPS) is 10.6. The van der Waals surface area contributed by atoms with Gasteiger partial charge in [0.25, 0.3) is 0 Å². The largest absolute Gasteiger partial charge is 0.264 e. The van der Waals surface area contributed by atoms with Crippen molar-refractivity contribution in [1.82, 2.24) is 9.97 Å². The Morgan fingerprint density at radius 2 is 1.71 bits per heavy atom. The van der Waals surface area contributed by atoms with Crippen molar-refractivity contribution in [1.29, 1.82) is 0 Å². The van der Waals surface area contributed by atoms with Crippen molar-refractivity contribution in [3.63, 3.8) is 0 Å². The molecular formula is C15H12N2. The highest BCUT2D eigenvalue weighted by Gasteiger charge is 2.00. The molecule has 2 heterocycles. The van der Waals surface area contributed by atoms with E-state index >= 15 is 0 Å². The summed E-state index contributed by atoms with van der Waals surface area (Å²) in [6.07, 6.45) is 7.47. The summed E-state index contributed by atoms with van der Waals surface area (Å²) in [5.41, 5.74) is 3.53. The molecule has 0 saturated heterocycles. The Balaban J connectivity index is 2.18. The Kier molecular flexibility index (Phi) is 2.33. The van der Waals surface area contributed by atoms with E-state index < -0.39 is 0 Å². The van der Waals surface area contributed by atoms with Gasteiger partial charge in [0.15, 0.2) is 0 Å². The van der Waals surface area contributed by atoms with Gasteiger partial charge in [0, 0.05) is 35.7 Å². The molecule has 0 amide bonds. The summed E-state index contributed by atoms with van der Waals surface area (Å²) in [5.74, 6) is 0. The molecule has 2 nitrogen and oxygen atoms in total. The van der Waals surface area contributed by atoms with Gasteiger partial charge >= 0.3 is 0 Å². The van der Waals surface area contributed by atoms with E-state index in [2.05, 4.69) is 41.2 Å². The van der Waals surface area contributed by atoms with Gasteiger partial charge in [0.05, 0.1) is 0 Å². The van der Waals surface area contributed by atoms with Gasteiger partial charge in [-0.25, -0.2) is 0 Å². The van der Waals surface area contributed by atoms with E-state index in [1.807, 2.05) is 30.9 Å². The monoisotopic (exact) mass is 220 g/mol. The summed E-state index contributed by atoms with van der Waals surface area (Å²) in [4.78, 5) is 8.35. The number of hydrogen-bond donors (Lipinski definition) is 0. The SMILES string of the molecule is Cc1cncc(-c2ccc3cnccc3c2)c1. The van der Waals surface area contributed by atoms with Crippen molar-refractivity contribution in [2.24, 2.45) is 0 Å². The Bertz CT molecular complexity index is 674. The zero-order valence-corrected chi connectivity index (χ0v) is 9.59. The molecule has 0 fully saturated rings. The second-order valence-electron chi connectivity index (χ2n) is 4.19. The first-order valence-corrected chi connectivity index (χ1v) is 5.59. The van der Waals surface area contributed by atoms with Crippen LogP contribution in [0.25, 0.3) is 21.9 Å². The lowest BCUT2D eigenvalue weighted by Gasteiger charge is -2.04. The zero-order chi connectivity index (χ0) is 11.7. The van der Waals surface area contributed by atoms with Gasteiger partial charge in [-0.1, -0.05) is 12.1 Å². The third kappa shape index (κ3) is 1.89. The first-order valence-electron chi connectivity index (χ1n) is 5.59. The van der Waals surface area contributed by atoms with Crippen LogP contribution in [-0.2, 0) is 0 Å². The third-order valence-electron chi connectivity index (χ3n) is 2.85. The van der Waals surface area contributed by atoms with Crippen LogP contribution in [-0.4, -0.2) is 9.97 Å². The molecule has 3 rings (SSSR count). The second kappa shape index (κ2) is 3.98. The molecule has 0 radical (unpaired) electrons. The maximum absolute atomic E-state index is 4.23. The van der Waals surface area contributed by atoms with E-state index in [0.29, 0.717) is 0 Å². The number of aromatic nitrogens is 2. The molecule has 17 heavy (non-hydrogen) atoms. The van der Waals surface area contributed by atoms with E-state index in [9.17, 15) is 0 Å². The molecule has 0 spiro atoms. The molecular weight excluding hydrogens is 208 g/mol. The molecule has 82 valence electrons. The van der Waals surface area contributed by atoms with Gasteiger partial charge in [-0.15, -0.1) is 0 Å². The number of pyridine rings is 2. The topological polar surface area (TPSA) is 25.8 Å². The molecule has 1 aromatic carbocycles. The Morgan fingerprint density at radius 3 is 2.59 bits per heavy atom. The highest BCUT2D eigenvalue weighted by molar-refractivity contribution is 5.86. The van der Waals surface area contributed by atoms with Crippen LogP contribution in [0.3, 0.4) is 0 Å². The summed E-state index contributed by atoms with van der Waals surface area (Å²) in [6.45, 7) is 2.06. The fourth-order valence-corrected chi connectivity index (χ4v) is 1.98. The predicted octanol–water partition coefficient (Wildman–Crippen LogP) is 3.61. The van der Waals surface area contributed by atoms with E-state index in [4.69, 9.17) is 0 Å². The molecule has 0 aliphatic rings. The molecule has 0 bridgehead atoms. The summed E-state index contributed by atoms with van der Waals surface area (Å²) in [7, 11) is 0.